The molecular weight excluding hydrogens is 550 g/mol. The predicted molar refractivity (Wildman–Crippen MR) is 152 cm³/mol. The number of anilines is 3. The zero-order valence-electron chi connectivity index (χ0n) is 21.9. The van der Waals surface area contributed by atoms with Crippen LogP contribution in [0.25, 0.3) is 11.0 Å². The minimum absolute atomic E-state index is 0.133. The molecule has 2 aliphatic rings. The highest BCUT2D eigenvalue weighted by Crippen LogP contribution is 2.43. The lowest BCUT2D eigenvalue weighted by Crippen LogP contribution is -2.36. The van der Waals surface area contributed by atoms with Crippen LogP contribution in [0.5, 0.6) is 0 Å². The van der Waals surface area contributed by atoms with Gasteiger partial charge in [0.1, 0.15) is 6.07 Å². The Morgan fingerprint density at radius 3 is 2.55 bits per heavy atom. The summed E-state index contributed by atoms with van der Waals surface area (Å²) in [6, 6.07) is 12.1. The summed E-state index contributed by atoms with van der Waals surface area (Å²) in [5, 5.41) is 16.7. The number of pyridine rings is 1. The smallest absolute Gasteiger partial charge is 0.323 e. The summed E-state index contributed by atoms with van der Waals surface area (Å²) >= 11 is 1.13. The molecule has 1 saturated heterocycles. The summed E-state index contributed by atoms with van der Waals surface area (Å²) in [4.78, 5) is 25.5. The van der Waals surface area contributed by atoms with Crippen LogP contribution in [0.4, 0.5) is 21.6 Å². The number of amides is 2. The molecule has 1 aromatic carbocycles. The molecule has 2 N–H and O–H groups in total. The van der Waals surface area contributed by atoms with Crippen LogP contribution in [0.3, 0.4) is 0 Å². The van der Waals surface area contributed by atoms with Gasteiger partial charge in [-0.2, -0.15) is 14.6 Å². The zero-order chi connectivity index (χ0) is 28.0. The second-order valence-corrected chi connectivity index (χ2v) is 12.6. The Morgan fingerprint density at radius 2 is 1.90 bits per heavy atom. The fourth-order valence-corrected chi connectivity index (χ4v) is 7.78. The SMILES string of the molecule is CNc1nsc(NC(=O)N2CC3C[C@@H](N(C)c4c(C#N)cnc5c4ccn5S(=O)(=O)c4ccccc4)C[C@@H]3C2)n1. The molecule has 1 saturated carbocycles. The Balaban J connectivity index is 1.21. The molecule has 40 heavy (non-hydrogen) atoms. The Hall–Kier alpha value is -4.22. The molecule has 0 spiro atoms. The van der Waals surface area contributed by atoms with Gasteiger partial charge in [0.2, 0.25) is 11.1 Å². The zero-order valence-corrected chi connectivity index (χ0v) is 23.5. The average Bonchev–Trinajstić information content (AvgIpc) is 3.75. The van der Waals surface area contributed by atoms with Crippen molar-refractivity contribution in [3.63, 3.8) is 0 Å². The molecule has 1 unspecified atom stereocenters. The molecule has 2 fully saturated rings. The number of hydrogen-bond donors (Lipinski definition) is 2. The first-order chi connectivity index (χ1) is 19.3. The molecule has 4 aromatic rings. The number of carbonyl (C=O) groups excluding carboxylic acids is 1. The number of benzene rings is 1. The van der Waals surface area contributed by atoms with Crippen LogP contribution in [0.15, 0.2) is 53.7 Å². The van der Waals surface area contributed by atoms with E-state index in [1.54, 1.807) is 43.4 Å². The third kappa shape index (κ3) is 4.40. The summed E-state index contributed by atoms with van der Waals surface area (Å²) < 4.78 is 32.0. The van der Waals surface area contributed by atoms with E-state index in [0.29, 0.717) is 52.6 Å². The Bertz CT molecular complexity index is 1710. The molecule has 1 aliphatic heterocycles. The quantitative estimate of drug-likeness (QED) is 0.351. The predicted octanol–water partition coefficient (Wildman–Crippen LogP) is 3.42. The van der Waals surface area contributed by atoms with Gasteiger partial charge in [-0.05, 0) is 42.9 Å². The van der Waals surface area contributed by atoms with Gasteiger partial charge in [0.05, 0.1) is 16.1 Å². The second-order valence-electron chi connectivity index (χ2n) is 10.1. The molecule has 1 aliphatic carbocycles. The summed E-state index contributed by atoms with van der Waals surface area (Å²) in [6.45, 7) is 1.28. The second kappa shape index (κ2) is 10.1. The molecule has 206 valence electrons. The largest absolute Gasteiger partial charge is 0.370 e. The number of urea groups is 1. The van der Waals surface area contributed by atoms with Gasteiger partial charge in [0, 0.05) is 62.5 Å². The molecular formula is C26H27N9O3S2. The van der Waals surface area contributed by atoms with E-state index in [1.807, 2.05) is 11.9 Å². The third-order valence-corrected chi connectivity index (χ3v) is 10.2. The van der Waals surface area contributed by atoms with Crippen molar-refractivity contribution in [2.24, 2.45) is 11.8 Å². The number of carbonyl (C=O) groups is 1. The van der Waals surface area contributed by atoms with E-state index in [-0.39, 0.29) is 22.6 Å². The van der Waals surface area contributed by atoms with E-state index < -0.39 is 10.0 Å². The van der Waals surface area contributed by atoms with Crippen molar-refractivity contribution in [2.45, 2.75) is 23.8 Å². The lowest BCUT2D eigenvalue weighted by molar-refractivity contribution is 0.218. The number of aromatic nitrogens is 4. The van der Waals surface area contributed by atoms with Gasteiger partial charge in [0.25, 0.3) is 10.0 Å². The number of nitriles is 1. The number of fused-ring (bicyclic) bond motifs is 2. The van der Waals surface area contributed by atoms with Crippen molar-refractivity contribution in [3.05, 3.63) is 54.4 Å². The van der Waals surface area contributed by atoms with E-state index in [9.17, 15) is 18.5 Å². The van der Waals surface area contributed by atoms with Crippen LogP contribution in [-0.4, -0.2) is 70.9 Å². The Kier molecular flexibility index (Phi) is 6.55. The van der Waals surface area contributed by atoms with Crippen molar-refractivity contribution in [1.82, 2.24) is 23.2 Å². The Labute approximate surface area is 235 Å². The van der Waals surface area contributed by atoms with Gasteiger partial charge >= 0.3 is 6.03 Å². The van der Waals surface area contributed by atoms with Crippen LogP contribution in [-0.2, 0) is 10.0 Å². The highest BCUT2D eigenvalue weighted by Gasteiger charge is 2.44. The first-order valence-electron chi connectivity index (χ1n) is 12.8. The first-order valence-corrected chi connectivity index (χ1v) is 15.0. The standard InChI is InChI=1S/C26H27N9O3S2/c1-28-24-30-25(39-32-24)31-26(36)34-14-16-10-19(11-17(16)15-34)33(2)22-18(12-27)13-29-23-21(22)8-9-35(23)40(37,38)20-6-4-3-5-7-20/h3-9,13,16-17,19H,10-11,14-15H2,1-2H3,(H2,28,30,31,32,36)/t16-,17?,19+/m1/s1. The average molecular weight is 578 g/mol. The van der Waals surface area contributed by atoms with Gasteiger partial charge in [0.15, 0.2) is 5.65 Å². The summed E-state index contributed by atoms with van der Waals surface area (Å²) in [5.41, 5.74) is 1.34. The van der Waals surface area contributed by atoms with Crippen molar-refractivity contribution >= 4 is 55.4 Å². The van der Waals surface area contributed by atoms with Gasteiger partial charge < -0.3 is 15.1 Å². The molecule has 12 nitrogen and oxygen atoms in total. The van der Waals surface area contributed by atoms with Gasteiger partial charge in [-0.25, -0.2) is 22.2 Å². The molecule has 0 bridgehead atoms. The lowest BCUT2D eigenvalue weighted by atomic mass is 10.0. The number of nitrogens with zero attached hydrogens (tertiary/aromatic N) is 7. The maximum absolute atomic E-state index is 13.3. The van der Waals surface area contributed by atoms with Crippen LogP contribution >= 0.6 is 11.5 Å². The normalized spacial score (nSPS) is 20.3. The number of hydrogen-bond acceptors (Lipinski definition) is 10. The van der Waals surface area contributed by atoms with Crippen LogP contribution in [0.1, 0.15) is 18.4 Å². The van der Waals surface area contributed by atoms with E-state index in [0.717, 1.165) is 24.4 Å². The first kappa shape index (κ1) is 26.0. The Morgan fingerprint density at radius 1 is 1.18 bits per heavy atom. The fourth-order valence-electron chi connectivity index (χ4n) is 5.89. The van der Waals surface area contributed by atoms with E-state index in [1.165, 1.54) is 16.4 Å². The monoisotopic (exact) mass is 577 g/mol. The topological polar surface area (TPSA) is 149 Å². The minimum Gasteiger partial charge on any atom is -0.370 e. The molecule has 0 radical (unpaired) electrons. The van der Waals surface area contributed by atoms with Gasteiger partial charge in [-0.3, -0.25) is 5.32 Å². The van der Waals surface area contributed by atoms with Crippen LogP contribution in [0, 0.1) is 23.2 Å². The van der Waals surface area contributed by atoms with E-state index in [2.05, 4.69) is 35.9 Å². The van der Waals surface area contributed by atoms with Crippen LogP contribution in [0.2, 0.25) is 0 Å². The summed E-state index contributed by atoms with van der Waals surface area (Å²) in [6.07, 6.45) is 4.65. The number of rotatable bonds is 6. The minimum atomic E-state index is -3.85. The van der Waals surface area contributed by atoms with Crippen molar-refractivity contribution in [2.75, 3.05) is 42.7 Å². The van der Waals surface area contributed by atoms with Crippen molar-refractivity contribution < 1.29 is 13.2 Å². The van der Waals surface area contributed by atoms with Crippen molar-refractivity contribution in [3.8, 4) is 6.07 Å². The molecule has 14 heteroatoms. The van der Waals surface area contributed by atoms with Gasteiger partial charge in [-0.15, -0.1) is 0 Å². The maximum Gasteiger partial charge on any atom is 0.323 e. The van der Waals surface area contributed by atoms with Gasteiger partial charge in [-0.1, -0.05) is 18.2 Å². The fraction of sp³-hybridized carbons (Fsp3) is 0.346. The summed E-state index contributed by atoms with van der Waals surface area (Å²) in [5.74, 6) is 1.12. The molecule has 3 aromatic heterocycles. The van der Waals surface area contributed by atoms with Crippen LogP contribution < -0.4 is 15.5 Å². The third-order valence-electron chi connectivity index (χ3n) is 7.85. The van der Waals surface area contributed by atoms with Crippen molar-refractivity contribution in [1.29, 1.82) is 5.26 Å². The summed E-state index contributed by atoms with van der Waals surface area (Å²) in [7, 11) is -0.183. The highest BCUT2D eigenvalue weighted by atomic mass is 32.2. The lowest BCUT2D eigenvalue weighted by Gasteiger charge is -2.29. The molecule has 4 heterocycles. The number of nitrogens with one attached hydrogen (secondary N) is 2. The maximum atomic E-state index is 13.3. The van der Waals surface area contributed by atoms with E-state index in [4.69, 9.17) is 0 Å². The molecule has 6 rings (SSSR count). The van der Waals surface area contributed by atoms with E-state index >= 15 is 0 Å². The molecule has 3 atom stereocenters. The number of likely N-dealkylation sites (tertiary alicyclic amines) is 1. The highest BCUT2D eigenvalue weighted by molar-refractivity contribution is 7.90. The molecule has 2 amide bonds.